The Hall–Kier alpha value is -0.340. The van der Waals surface area contributed by atoms with Crippen molar-refractivity contribution in [2.45, 2.75) is 123 Å². The van der Waals surface area contributed by atoms with E-state index < -0.39 is 11.2 Å². The molecule has 9 atom stereocenters. The molecule has 0 heterocycles. The van der Waals surface area contributed by atoms with Crippen LogP contribution in [-0.4, -0.2) is 21.4 Å². The van der Waals surface area contributed by atoms with Crippen molar-refractivity contribution in [1.82, 2.24) is 0 Å². The molecule has 0 saturated heterocycles. The van der Waals surface area contributed by atoms with E-state index in [-0.39, 0.29) is 0 Å². The molecular weight excluding hydrogens is 380 g/mol. The minimum atomic E-state index is -0.489. The zero-order valence-electron chi connectivity index (χ0n) is 20.9. The van der Waals surface area contributed by atoms with Gasteiger partial charge in [-0.1, -0.05) is 32.4 Å². The molecule has 0 aromatic rings. The van der Waals surface area contributed by atoms with Crippen LogP contribution >= 0.6 is 0 Å². The summed E-state index contributed by atoms with van der Waals surface area (Å²) in [5.74, 6) is 4.68. The largest absolute Gasteiger partial charge is 0.390 e. The first-order valence-corrected chi connectivity index (χ1v) is 13.6. The fraction of sp³-hybridized carbons (Fsp3) is 0.931. The quantitative estimate of drug-likeness (QED) is 0.468. The molecule has 5 rings (SSSR count). The summed E-state index contributed by atoms with van der Waals surface area (Å²) < 4.78 is 0. The molecular formula is C29H48O2. The van der Waals surface area contributed by atoms with Gasteiger partial charge in [0.1, 0.15) is 0 Å². The number of hydrogen-bond acceptors (Lipinski definition) is 2. The van der Waals surface area contributed by atoms with E-state index >= 15 is 0 Å². The van der Waals surface area contributed by atoms with E-state index in [1.165, 1.54) is 57.8 Å². The monoisotopic (exact) mass is 428 g/mol. The molecule has 0 spiro atoms. The van der Waals surface area contributed by atoms with Gasteiger partial charge in [-0.05, 0) is 137 Å². The minimum absolute atomic E-state index is 0.332. The van der Waals surface area contributed by atoms with Crippen molar-refractivity contribution in [3.63, 3.8) is 0 Å². The average Bonchev–Trinajstić information content (AvgIpc) is 3.49. The van der Waals surface area contributed by atoms with E-state index in [1.807, 2.05) is 6.92 Å². The maximum atomic E-state index is 10.8. The van der Waals surface area contributed by atoms with Crippen molar-refractivity contribution in [3.05, 3.63) is 11.6 Å². The van der Waals surface area contributed by atoms with Crippen LogP contribution < -0.4 is 0 Å². The highest BCUT2D eigenvalue weighted by atomic mass is 16.3. The van der Waals surface area contributed by atoms with Crippen molar-refractivity contribution in [1.29, 1.82) is 0 Å². The number of hydrogen-bond donors (Lipinski definition) is 2. The topological polar surface area (TPSA) is 40.5 Å². The van der Waals surface area contributed by atoms with Gasteiger partial charge in [0.15, 0.2) is 0 Å². The third-order valence-electron chi connectivity index (χ3n) is 11.7. The standard InChI is InChI=1S/C29H48O2/c1-19(12-15-29(5,31)20-6-7-20)23-10-11-24-22-9-8-21-18-26(2,30)16-17-27(21,3)25(22)13-14-28(23,24)4/h8,19-20,22-25,30-31H,6-7,9-18H2,1-5H3/t19-,22+,23?,24+,25+,26+,27+,28-,29?/m1/s1. The predicted octanol–water partition coefficient (Wildman–Crippen LogP) is 6.89. The molecule has 2 nitrogen and oxygen atoms in total. The van der Waals surface area contributed by atoms with E-state index in [1.54, 1.807) is 5.57 Å². The van der Waals surface area contributed by atoms with Crippen molar-refractivity contribution in [2.75, 3.05) is 0 Å². The molecule has 5 aliphatic rings. The van der Waals surface area contributed by atoms with Gasteiger partial charge >= 0.3 is 0 Å². The lowest BCUT2D eigenvalue weighted by atomic mass is 9.46. The third kappa shape index (κ3) is 3.67. The predicted molar refractivity (Wildman–Crippen MR) is 128 cm³/mol. The highest BCUT2D eigenvalue weighted by Gasteiger charge is 2.59. The Kier molecular flexibility index (Phi) is 5.31. The van der Waals surface area contributed by atoms with Gasteiger partial charge in [-0.2, -0.15) is 0 Å². The van der Waals surface area contributed by atoms with E-state index in [2.05, 4.69) is 33.8 Å². The lowest BCUT2D eigenvalue weighted by Crippen LogP contribution is -2.52. The Labute approximate surface area is 191 Å². The molecule has 2 heteroatoms. The second-order valence-corrected chi connectivity index (χ2v) is 13.8. The van der Waals surface area contributed by atoms with Crippen molar-refractivity contribution in [3.8, 4) is 0 Å². The van der Waals surface area contributed by atoms with E-state index in [0.29, 0.717) is 16.7 Å². The molecule has 0 aliphatic heterocycles. The van der Waals surface area contributed by atoms with Crippen LogP contribution in [0, 0.1) is 46.3 Å². The number of aliphatic hydroxyl groups is 2. The highest BCUT2D eigenvalue weighted by molar-refractivity contribution is 5.26. The fourth-order valence-corrected chi connectivity index (χ4v) is 9.41. The van der Waals surface area contributed by atoms with Gasteiger partial charge in [-0.25, -0.2) is 0 Å². The Morgan fingerprint density at radius 3 is 2.48 bits per heavy atom. The summed E-state index contributed by atoms with van der Waals surface area (Å²) in [7, 11) is 0. The number of rotatable bonds is 5. The molecule has 4 saturated carbocycles. The molecule has 0 aromatic heterocycles. The van der Waals surface area contributed by atoms with Gasteiger partial charge in [0.2, 0.25) is 0 Å². The molecule has 0 aromatic carbocycles. The molecule has 0 amide bonds. The molecule has 4 fully saturated rings. The maximum absolute atomic E-state index is 10.8. The molecule has 0 bridgehead atoms. The lowest BCUT2D eigenvalue weighted by Gasteiger charge is -2.59. The van der Waals surface area contributed by atoms with Crippen LogP contribution in [-0.2, 0) is 0 Å². The van der Waals surface area contributed by atoms with Gasteiger partial charge in [0.25, 0.3) is 0 Å². The number of fused-ring (bicyclic) bond motifs is 5. The first kappa shape index (κ1) is 22.5. The van der Waals surface area contributed by atoms with Crippen molar-refractivity contribution >= 4 is 0 Å². The molecule has 5 aliphatic carbocycles. The smallest absolute Gasteiger partial charge is 0.0657 e. The summed E-state index contributed by atoms with van der Waals surface area (Å²) in [5, 5.41) is 21.5. The average molecular weight is 429 g/mol. The minimum Gasteiger partial charge on any atom is -0.390 e. The summed E-state index contributed by atoms with van der Waals surface area (Å²) in [4.78, 5) is 0. The van der Waals surface area contributed by atoms with Crippen molar-refractivity contribution in [2.24, 2.45) is 46.3 Å². The Morgan fingerprint density at radius 2 is 1.77 bits per heavy atom. The van der Waals surface area contributed by atoms with Gasteiger partial charge in [-0.3, -0.25) is 0 Å². The summed E-state index contributed by atoms with van der Waals surface area (Å²) >= 11 is 0. The molecule has 31 heavy (non-hydrogen) atoms. The first-order chi connectivity index (χ1) is 14.5. The Balaban J connectivity index is 1.31. The van der Waals surface area contributed by atoms with Crippen molar-refractivity contribution < 1.29 is 10.2 Å². The second-order valence-electron chi connectivity index (χ2n) is 13.8. The van der Waals surface area contributed by atoms with E-state index in [0.717, 1.165) is 48.9 Å². The van der Waals surface area contributed by atoms with Gasteiger partial charge in [0.05, 0.1) is 11.2 Å². The summed E-state index contributed by atoms with van der Waals surface area (Å²) in [5.41, 5.74) is 1.50. The molecule has 0 radical (unpaired) electrons. The van der Waals surface area contributed by atoms with Gasteiger partial charge in [-0.15, -0.1) is 0 Å². The summed E-state index contributed by atoms with van der Waals surface area (Å²) in [6, 6.07) is 0. The van der Waals surface area contributed by atoms with Crippen LogP contribution in [0.25, 0.3) is 0 Å². The fourth-order valence-electron chi connectivity index (χ4n) is 9.41. The van der Waals surface area contributed by atoms with Crippen LogP contribution in [0.15, 0.2) is 11.6 Å². The third-order valence-corrected chi connectivity index (χ3v) is 11.7. The molecule has 176 valence electrons. The zero-order chi connectivity index (χ0) is 22.2. The highest BCUT2D eigenvalue weighted by Crippen LogP contribution is 2.67. The normalized spacial score (nSPS) is 50.0. The zero-order valence-corrected chi connectivity index (χ0v) is 20.9. The second kappa shape index (κ2) is 7.33. The summed E-state index contributed by atoms with van der Waals surface area (Å²) in [6.45, 7) is 11.8. The SMILES string of the molecule is C[C@H](CCC(C)(O)C1CC1)C1CC[C@H]2[C@@H]3CC=C4C[C@@](C)(O)CC[C@]4(C)[C@H]3CC[C@]12C. The first-order valence-electron chi connectivity index (χ1n) is 13.6. The van der Waals surface area contributed by atoms with Gasteiger partial charge in [0, 0.05) is 0 Å². The molecule has 2 unspecified atom stereocenters. The van der Waals surface area contributed by atoms with Crippen LogP contribution in [0.3, 0.4) is 0 Å². The van der Waals surface area contributed by atoms with Crippen LogP contribution in [0.4, 0.5) is 0 Å². The Morgan fingerprint density at radius 1 is 1.03 bits per heavy atom. The van der Waals surface area contributed by atoms with E-state index in [4.69, 9.17) is 0 Å². The lowest BCUT2D eigenvalue weighted by molar-refractivity contribution is -0.0717. The Bertz CT molecular complexity index is 731. The molecule has 2 N–H and O–H groups in total. The number of allylic oxidation sites excluding steroid dienone is 1. The van der Waals surface area contributed by atoms with E-state index in [9.17, 15) is 10.2 Å². The van der Waals surface area contributed by atoms with Crippen LogP contribution in [0.5, 0.6) is 0 Å². The van der Waals surface area contributed by atoms with Gasteiger partial charge < -0.3 is 10.2 Å². The maximum Gasteiger partial charge on any atom is 0.0657 e. The van der Waals surface area contributed by atoms with Crippen LogP contribution in [0.1, 0.15) is 112 Å². The summed E-state index contributed by atoms with van der Waals surface area (Å²) in [6.07, 6.45) is 17.1. The van der Waals surface area contributed by atoms with Crippen LogP contribution in [0.2, 0.25) is 0 Å².